The van der Waals surface area contributed by atoms with E-state index in [4.69, 9.17) is 16.3 Å². The van der Waals surface area contributed by atoms with Crippen LogP contribution in [0.4, 0.5) is 0 Å². The Kier molecular flexibility index (Phi) is 6.08. The second-order valence-electron chi connectivity index (χ2n) is 7.26. The topological polar surface area (TPSA) is 49.8 Å². The van der Waals surface area contributed by atoms with Gasteiger partial charge in [0, 0.05) is 34.7 Å². The first kappa shape index (κ1) is 19.7. The molecule has 2 aromatic carbocycles. The van der Waals surface area contributed by atoms with Gasteiger partial charge in [0.25, 0.3) is 5.91 Å². The molecule has 0 aromatic heterocycles. The number of aliphatic hydroxyl groups is 1. The number of carbonyl (C=O) groups excluding carboxylic acids is 1. The Morgan fingerprint density at radius 2 is 2.00 bits per heavy atom. The van der Waals surface area contributed by atoms with E-state index in [1.807, 2.05) is 41.3 Å². The molecule has 0 unspecified atom stereocenters. The van der Waals surface area contributed by atoms with Crippen molar-refractivity contribution in [1.82, 2.24) is 4.90 Å². The fraction of sp³-hybridized carbons (Fsp3) is 0.409. The molecule has 1 amide bonds. The van der Waals surface area contributed by atoms with Crippen LogP contribution in [0, 0.1) is 5.41 Å². The van der Waals surface area contributed by atoms with Gasteiger partial charge in [0.1, 0.15) is 5.75 Å². The first-order chi connectivity index (χ1) is 13.0. The second-order valence-corrected chi connectivity index (χ2v) is 7.70. The predicted octanol–water partition coefficient (Wildman–Crippen LogP) is 4.64. The molecule has 0 radical (unpaired) electrons. The van der Waals surface area contributed by atoms with Crippen molar-refractivity contribution in [1.29, 1.82) is 0 Å². The molecule has 0 aliphatic carbocycles. The Hall–Kier alpha value is -2.04. The molecule has 1 N–H and O–H groups in total. The summed E-state index contributed by atoms with van der Waals surface area (Å²) >= 11 is 6.12. The summed E-state index contributed by atoms with van der Waals surface area (Å²) in [6.07, 6.45) is 2.77. The number of carbonyl (C=O) groups is 1. The Balaban J connectivity index is 1.81. The lowest BCUT2D eigenvalue weighted by atomic mass is 9.78. The molecule has 4 nitrogen and oxygen atoms in total. The molecule has 1 aliphatic rings. The minimum absolute atomic E-state index is 0.0191. The lowest BCUT2D eigenvalue weighted by Crippen LogP contribution is -2.47. The fourth-order valence-electron chi connectivity index (χ4n) is 3.79. The highest BCUT2D eigenvalue weighted by Gasteiger charge is 2.35. The van der Waals surface area contributed by atoms with Crippen molar-refractivity contribution in [2.24, 2.45) is 5.41 Å². The minimum Gasteiger partial charge on any atom is -0.496 e. The van der Waals surface area contributed by atoms with Crippen LogP contribution in [0.1, 0.15) is 36.5 Å². The molecule has 1 aliphatic heterocycles. The van der Waals surface area contributed by atoms with Crippen molar-refractivity contribution in [2.45, 2.75) is 26.2 Å². The van der Waals surface area contributed by atoms with Gasteiger partial charge in [-0.25, -0.2) is 0 Å². The number of piperidine rings is 1. The van der Waals surface area contributed by atoms with Gasteiger partial charge < -0.3 is 14.7 Å². The Morgan fingerprint density at radius 1 is 1.26 bits per heavy atom. The number of amides is 1. The molecule has 1 fully saturated rings. The van der Waals surface area contributed by atoms with Gasteiger partial charge >= 0.3 is 0 Å². The molecule has 0 bridgehead atoms. The van der Waals surface area contributed by atoms with Gasteiger partial charge in [-0.3, -0.25) is 4.79 Å². The number of aliphatic hydroxyl groups excluding tert-OH is 1. The van der Waals surface area contributed by atoms with E-state index < -0.39 is 0 Å². The molecule has 1 heterocycles. The standard InChI is InChI=1S/C22H26ClNO3/c1-3-22(15-25)11-4-12-24(14-22)21(26)17-7-5-16(6-8-17)19-13-18(23)9-10-20(19)27-2/h5-10,13,25H,3-4,11-12,14-15H2,1-2H3/t22-/m1/s1. The van der Waals surface area contributed by atoms with Crippen LogP contribution in [-0.4, -0.2) is 42.7 Å². The van der Waals surface area contributed by atoms with Crippen molar-refractivity contribution < 1.29 is 14.6 Å². The molecule has 1 saturated heterocycles. The molecule has 27 heavy (non-hydrogen) atoms. The Labute approximate surface area is 165 Å². The number of ether oxygens (including phenoxy) is 1. The third kappa shape index (κ3) is 4.12. The van der Waals surface area contributed by atoms with E-state index in [0.717, 1.165) is 42.7 Å². The number of benzene rings is 2. The SMILES string of the molecule is CC[C@@]1(CO)CCCN(C(=O)c2ccc(-c3cc(Cl)ccc3OC)cc2)C1. The molecule has 144 valence electrons. The van der Waals surface area contributed by atoms with Crippen molar-refractivity contribution in [3.05, 3.63) is 53.1 Å². The summed E-state index contributed by atoms with van der Waals surface area (Å²) in [6, 6.07) is 13.0. The average molecular weight is 388 g/mol. The van der Waals surface area contributed by atoms with Gasteiger partial charge in [-0.2, -0.15) is 0 Å². The zero-order chi connectivity index (χ0) is 19.4. The van der Waals surface area contributed by atoms with Crippen LogP contribution in [0.2, 0.25) is 5.02 Å². The summed E-state index contributed by atoms with van der Waals surface area (Å²) in [5.74, 6) is 0.760. The number of hydrogen-bond acceptors (Lipinski definition) is 3. The Bertz CT molecular complexity index is 800. The van der Waals surface area contributed by atoms with Crippen LogP contribution in [-0.2, 0) is 0 Å². The maximum Gasteiger partial charge on any atom is 0.253 e. The first-order valence-electron chi connectivity index (χ1n) is 9.36. The monoisotopic (exact) mass is 387 g/mol. The van der Waals surface area contributed by atoms with E-state index in [2.05, 4.69) is 6.92 Å². The second kappa shape index (κ2) is 8.32. The van der Waals surface area contributed by atoms with Crippen molar-refractivity contribution in [2.75, 3.05) is 26.8 Å². The van der Waals surface area contributed by atoms with Crippen LogP contribution in [0.3, 0.4) is 0 Å². The highest BCUT2D eigenvalue weighted by atomic mass is 35.5. The molecule has 2 aromatic rings. The van der Waals surface area contributed by atoms with Crippen LogP contribution >= 0.6 is 11.6 Å². The maximum absolute atomic E-state index is 12.9. The number of nitrogens with zero attached hydrogens (tertiary/aromatic N) is 1. The normalized spacial score (nSPS) is 19.8. The predicted molar refractivity (Wildman–Crippen MR) is 108 cm³/mol. The summed E-state index contributed by atoms with van der Waals surface area (Å²) in [7, 11) is 1.63. The molecule has 0 saturated carbocycles. The van der Waals surface area contributed by atoms with E-state index in [-0.39, 0.29) is 17.9 Å². The smallest absolute Gasteiger partial charge is 0.253 e. The number of hydrogen-bond donors (Lipinski definition) is 1. The molecule has 3 rings (SSSR count). The lowest BCUT2D eigenvalue weighted by molar-refractivity contribution is 0.0252. The lowest BCUT2D eigenvalue weighted by Gasteiger charge is -2.41. The minimum atomic E-state index is -0.165. The first-order valence-corrected chi connectivity index (χ1v) is 9.74. The number of likely N-dealkylation sites (tertiary alicyclic amines) is 1. The van der Waals surface area contributed by atoms with Crippen molar-refractivity contribution in [3.63, 3.8) is 0 Å². The summed E-state index contributed by atoms with van der Waals surface area (Å²) in [4.78, 5) is 14.8. The zero-order valence-corrected chi connectivity index (χ0v) is 16.6. The van der Waals surface area contributed by atoms with Crippen LogP contribution in [0.5, 0.6) is 5.75 Å². The average Bonchev–Trinajstić information content (AvgIpc) is 2.73. The summed E-state index contributed by atoms with van der Waals surface area (Å²) in [5, 5.41) is 10.4. The van der Waals surface area contributed by atoms with Crippen molar-refractivity contribution >= 4 is 17.5 Å². The van der Waals surface area contributed by atoms with Crippen LogP contribution < -0.4 is 4.74 Å². The Morgan fingerprint density at radius 3 is 2.63 bits per heavy atom. The molecular formula is C22H26ClNO3. The van der Waals surface area contributed by atoms with Crippen LogP contribution in [0.25, 0.3) is 11.1 Å². The molecule has 0 spiro atoms. The van der Waals surface area contributed by atoms with Gasteiger partial charge in [0.05, 0.1) is 13.7 Å². The molecular weight excluding hydrogens is 362 g/mol. The number of methoxy groups -OCH3 is 1. The van der Waals surface area contributed by atoms with Gasteiger partial charge in [0.15, 0.2) is 0 Å². The van der Waals surface area contributed by atoms with Crippen molar-refractivity contribution in [3.8, 4) is 16.9 Å². The van der Waals surface area contributed by atoms with Gasteiger partial charge in [0.2, 0.25) is 0 Å². The summed E-state index contributed by atoms with van der Waals surface area (Å²) in [5.41, 5.74) is 2.33. The number of halogens is 1. The van der Waals surface area contributed by atoms with E-state index in [9.17, 15) is 9.90 Å². The highest BCUT2D eigenvalue weighted by molar-refractivity contribution is 6.31. The summed E-state index contributed by atoms with van der Waals surface area (Å²) in [6.45, 7) is 3.56. The number of rotatable bonds is 5. The summed E-state index contributed by atoms with van der Waals surface area (Å²) < 4.78 is 5.42. The third-order valence-corrected chi connectivity index (χ3v) is 5.87. The van der Waals surface area contributed by atoms with E-state index in [1.54, 1.807) is 13.2 Å². The van der Waals surface area contributed by atoms with E-state index in [1.165, 1.54) is 0 Å². The molecule has 1 atom stereocenters. The largest absolute Gasteiger partial charge is 0.496 e. The van der Waals surface area contributed by atoms with Gasteiger partial charge in [-0.1, -0.05) is 30.7 Å². The van der Waals surface area contributed by atoms with Gasteiger partial charge in [-0.15, -0.1) is 0 Å². The van der Waals surface area contributed by atoms with Gasteiger partial charge in [-0.05, 0) is 55.2 Å². The highest BCUT2D eigenvalue weighted by Crippen LogP contribution is 2.35. The van der Waals surface area contributed by atoms with E-state index >= 15 is 0 Å². The fourth-order valence-corrected chi connectivity index (χ4v) is 3.96. The third-order valence-electron chi connectivity index (χ3n) is 5.64. The zero-order valence-electron chi connectivity index (χ0n) is 15.9. The quantitative estimate of drug-likeness (QED) is 0.813. The van der Waals surface area contributed by atoms with Crippen LogP contribution in [0.15, 0.2) is 42.5 Å². The molecule has 5 heteroatoms. The maximum atomic E-state index is 12.9. The van der Waals surface area contributed by atoms with E-state index in [0.29, 0.717) is 17.1 Å².